The molecule has 3 aliphatic rings. The molecule has 3 aliphatic heterocycles. The maximum absolute atomic E-state index is 13.8. The van der Waals surface area contributed by atoms with E-state index in [4.69, 9.17) is 34.8 Å². The maximum Gasteiger partial charge on any atom is 0.240 e. The highest BCUT2D eigenvalue weighted by molar-refractivity contribution is 6.36. The monoisotopic (exact) mass is 523 g/mol. The molecule has 0 aliphatic carbocycles. The predicted molar refractivity (Wildman–Crippen MR) is 134 cm³/mol. The van der Waals surface area contributed by atoms with Crippen LogP contribution in [-0.2, 0) is 9.59 Å². The summed E-state index contributed by atoms with van der Waals surface area (Å²) >= 11 is 18.4. The third kappa shape index (κ3) is 3.39. The van der Waals surface area contributed by atoms with Gasteiger partial charge in [-0.05, 0) is 53.6 Å². The standard InChI is InChI=1S/C26H16Cl3N3O3/c27-15-7-5-13(6-8-15)24(33)23-21-20(22-19-4-2-1-3-14(19)12-30-32(22)23)25(34)31(26(21)35)18-10-16(28)9-17(29)11-18/h1-12,20-23H/t20-,21-,22-,23+/m0/s1. The Morgan fingerprint density at radius 1 is 0.800 bits per heavy atom. The molecule has 4 atom stereocenters. The van der Waals surface area contributed by atoms with Crippen LogP contribution in [0.5, 0.6) is 0 Å². The van der Waals surface area contributed by atoms with Crippen molar-refractivity contribution in [2.45, 2.75) is 12.1 Å². The topological polar surface area (TPSA) is 70.0 Å². The van der Waals surface area contributed by atoms with Crippen molar-refractivity contribution in [1.29, 1.82) is 0 Å². The molecule has 2 fully saturated rings. The number of ketones is 1. The van der Waals surface area contributed by atoms with Gasteiger partial charge in [0.05, 0.1) is 29.8 Å². The van der Waals surface area contributed by atoms with Crippen molar-refractivity contribution in [2.75, 3.05) is 4.90 Å². The number of imide groups is 1. The van der Waals surface area contributed by atoms with Crippen LogP contribution in [0.1, 0.15) is 27.5 Å². The molecule has 0 spiro atoms. The fourth-order valence-electron chi connectivity index (χ4n) is 5.38. The Kier molecular flexibility index (Phi) is 5.22. The van der Waals surface area contributed by atoms with Crippen LogP contribution in [-0.4, -0.2) is 34.9 Å². The number of anilines is 1. The van der Waals surface area contributed by atoms with Gasteiger partial charge in [-0.3, -0.25) is 19.4 Å². The van der Waals surface area contributed by atoms with Gasteiger partial charge in [-0.15, -0.1) is 0 Å². The Balaban J connectivity index is 1.50. The van der Waals surface area contributed by atoms with E-state index in [-0.39, 0.29) is 11.5 Å². The second kappa shape index (κ2) is 8.19. The Morgan fingerprint density at radius 3 is 2.17 bits per heavy atom. The molecular formula is C26H16Cl3N3O3. The summed E-state index contributed by atoms with van der Waals surface area (Å²) in [6, 6.07) is 17.1. The minimum atomic E-state index is -0.966. The Morgan fingerprint density at radius 2 is 1.46 bits per heavy atom. The number of carbonyl (C=O) groups excluding carboxylic acids is 3. The maximum atomic E-state index is 13.8. The number of hydrogen-bond donors (Lipinski definition) is 0. The molecule has 6 nitrogen and oxygen atoms in total. The minimum Gasteiger partial charge on any atom is -0.292 e. The van der Waals surface area contributed by atoms with Crippen LogP contribution < -0.4 is 4.90 Å². The van der Waals surface area contributed by atoms with Crippen molar-refractivity contribution in [3.05, 3.63) is 98.5 Å². The zero-order valence-electron chi connectivity index (χ0n) is 17.9. The largest absolute Gasteiger partial charge is 0.292 e. The molecule has 0 unspecified atom stereocenters. The SMILES string of the molecule is O=C(c1ccc(Cl)cc1)[C@H]1[C@H]2C(=O)N(c3cc(Cl)cc(Cl)c3)C(=O)[C@@H]2[C@@H]2c3ccccc3C=NN12. The van der Waals surface area contributed by atoms with E-state index < -0.39 is 35.7 Å². The smallest absolute Gasteiger partial charge is 0.240 e. The first-order valence-electron chi connectivity index (χ1n) is 10.9. The van der Waals surface area contributed by atoms with Gasteiger partial charge in [0.15, 0.2) is 5.78 Å². The molecule has 3 heterocycles. The summed E-state index contributed by atoms with van der Waals surface area (Å²) in [7, 11) is 0. The second-order valence-electron chi connectivity index (χ2n) is 8.71. The van der Waals surface area contributed by atoms with E-state index in [1.54, 1.807) is 35.5 Å². The summed E-state index contributed by atoms with van der Waals surface area (Å²) in [5.41, 5.74) is 2.36. The molecule has 35 heavy (non-hydrogen) atoms. The zero-order valence-corrected chi connectivity index (χ0v) is 20.2. The second-order valence-corrected chi connectivity index (χ2v) is 10.0. The molecule has 174 valence electrons. The summed E-state index contributed by atoms with van der Waals surface area (Å²) in [6.07, 6.45) is 1.67. The lowest BCUT2D eigenvalue weighted by molar-refractivity contribution is -0.124. The minimum absolute atomic E-state index is 0.281. The van der Waals surface area contributed by atoms with Crippen LogP contribution in [0, 0.1) is 11.8 Å². The number of hydrogen-bond acceptors (Lipinski definition) is 5. The molecule has 0 bridgehead atoms. The van der Waals surface area contributed by atoms with Crippen molar-refractivity contribution < 1.29 is 14.4 Å². The molecule has 0 aromatic heterocycles. The molecule has 2 saturated heterocycles. The van der Waals surface area contributed by atoms with E-state index in [1.165, 1.54) is 18.2 Å². The van der Waals surface area contributed by atoms with Crippen molar-refractivity contribution in [2.24, 2.45) is 16.9 Å². The third-order valence-corrected chi connectivity index (χ3v) is 7.48. The normalized spacial score (nSPS) is 24.4. The van der Waals surface area contributed by atoms with Gasteiger partial charge >= 0.3 is 0 Å². The van der Waals surface area contributed by atoms with Gasteiger partial charge < -0.3 is 0 Å². The molecule has 0 N–H and O–H groups in total. The third-order valence-electron chi connectivity index (χ3n) is 6.80. The van der Waals surface area contributed by atoms with E-state index in [9.17, 15) is 14.4 Å². The highest BCUT2D eigenvalue weighted by Gasteiger charge is 2.65. The first-order valence-corrected chi connectivity index (χ1v) is 12.0. The molecule has 2 amide bonds. The van der Waals surface area contributed by atoms with Crippen LogP contribution >= 0.6 is 34.8 Å². The highest BCUT2D eigenvalue weighted by Crippen LogP contribution is 2.53. The van der Waals surface area contributed by atoms with Gasteiger partial charge in [0, 0.05) is 20.6 Å². The lowest BCUT2D eigenvalue weighted by atomic mass is 9.83. The molecule has 6 rings (SSSR count). The number of hydrazone groups is 1. The van der Waals surface area contributed by atoms with Crippen molar-refractivity contribution in [3.8, 4) is 0 Å². The van der Waals surface area contributed by atoms with E-state index in [0.717, 1.165) is 16.0 Å². The van der Waals surface area contributed by atoms with Crippen LogP contribution in [0.2, 0.25) is 15.1 Å². The molecule has 0 saturated carbocycles. The summed E-state index contributed by atoms with van der Waals surface area (Å²) < 4.78 is 0. The molecule has 0 radical (unpaired) electrons. The van der Waals surface area contributed by atoms with Gasteiger partial charge in [0.1, 0.15) is 6.04 Å². The lowest BCUT2D eigenvalue weighted by Crippen LogP contribution is -2.44. The summed E-state index contributed by atoms with van der Waals surface area (Å²) in [4.78, 5) is 42.6. The highest BCUT2D eigenvalue weighted by atomic mass is 35.5. The van der Waals surface area contributed by atoms with Crippen molar-refractivity contribution in [1.82, 2.24) is 5.01 Å². The number of carbonyl (C=O) groups is 3. The van der Waals surface area contributed by atoms with Gasteiger partial charge in [-0.1, -0.05) is 59.1 Å². The summed E-state index contributed by atoms with van der Waals surface area (Å²) in [5, 5.41) is 7.26. The van der Waals surface area contributed by atoms with Crippen LogP contribution in [0.3, 0.4) is 0 Å². The van der Waals surface area contributed by atoms with Gasteiger partial charge in [-0.25, -0.2) is 4.90 Å². The number of rotatable bonds is 3. The van der Waals surface area contributed by atoms with E-state index >= 15 is 0 Å². The van der Waals surface area contributed by atoms with E-state index in [0.29, 0.717) is 20.6 Å². The van der Waals surface area contributed by atoms with Crippen molar-refractivity contribution in [3.63, 3.8) is 0 Å². The molecular weight excluding hydrogens is 509 g/mol. The number of Topliss-reactive ketones (excluding diaryl/α,β-unsaturated/α-hetero) is 1. The van der Waals surface area contributed by atoms with Gasteiger partial charge in [0.2, 0.25) is 11.8 Å². The first kappa shape index (κ1) is 22.3. The number of benzene rings is 3. The number of halogens is 3. The molecule has 3 aromatic carbocycles. The van der Waals surface area contributed by atoms with Crippen LogP contribution in [0.15, 0.2) is 71.8 Å². The fraction of sp³-hybridized carbons (Fsp3) is 0.154. The average molecular weight is 525 g/mol. The Labute approximate surface area is 215 Å². The van der Waals surface area contributed by atoms with E-state index in [1.807, 2.05) is 24.3 Å². The van der Waals surface area contributed by atoms with Crippen LogP contribution in [0.4, 0.5) is 5.69 Å². The summed E-state index contributed by atoms with van der Waals surface area (Å²) in [5.74, 6) is -2.93. The van der Waals surface area contributed by atoms with E-state index in [2.05, 4.69) is 5.10 Å². The number of nitrogens with zero attached hydrogens (tertiary/aromatic N) is 3. The zero-order chi connectivity index (χ0) is 24.4. The summed E-state index contributed by atoms with van der Waals surface area (Å²) in [6.45, 7) is 0. The Bertz CT molecular complexity index is 1420. The average Bonchev–Trinajstić information content (AvgIpc) is 3.31. The van der Waals surface area contributed by atoms with Gasteiger partial charge in [0.25, 0.3) is 0 Å². The number of amides is 2. The van der Waals surface area contributed by atoms with Crippen LogP contribution in [0.25, 0.3) is 0 Å². The van der Waals surface area contributed by atoms with Crippen molar-refractivity contribution >= 4 is 64.3 Å². The molecule has 9 heteroatoms. The Hall–Kier alpha value is -3.19. The lowest BCUT2D eigenvalue weighted by Gasteiger charge is -2.33. The quantitative estimate of drug-likeness (QED) is 0.339. The fourth-order valence-corrected chi connectivity index (χ4v) is 6.02. The predicted octanol–water partition coefficient (Wildman–Crippen LogP) is 5.41. The molecule has 3 aromatic rings. The van der Waals surface area contributed by atoms with Gasteiger partial charge in [-0.2, -0.15) is 5.10 Å². The first-order chi connectivity index (χ1) is 16.8. The number of fused-ring (bicyclic) bond motifs is 5.